The van der Waals surface area contributed by atoms with Crippen LogP contribution in [0.3, 0.4) is 0 Å². The summed E-state index contributed by atoms with van der Waals surface area (Å²) in [7, 11) is 5.72. The number of nitrogens with zero attached hydrogens (tertiary/aromatic N) is 1. The highest BCUT2D eigenvalue weighted by atomic mass is 16.5. The van der Waals surface area contributed by atoms with Crippen LogP contribution >= 0.6 is 0 Å². The van der Waals surface area contributed by atoms with Gasteiger partial charge in [0.2, 0.25) is 5.91 Å². The predicted molar refractivity (Wildman–Crippen MR) is 70.1 cm³/mol. The number of amides is 1. The Morgan fingerprint density at radius 2 is 2.00 bits per heavy atom. The van der Waals surface area contributed by atoms with Crippen LogP contribution in [0, 0.1) is 5.41 Å². The lowest BCUT2D eigenvalue weighted by molar-refractivity contribution is -0.120. The molecule has 0 unspecified atom stereocenters. The first-order chi connectivity index (χ1) is 7.87. The second-order valence-corrected chi connectivity index (χ2v) is 5.35. The fourth-order valence-corrected chi connectivity index (χ4v) is 1.69. The largest absolute Gasteiger partial charge is 0.383 e. The normalized spacial score (nSPS) is 11.9. The molecule has 17 heavy (non-hydrogen) atoms. The topological polar surface area (TPSA) is 53.6 Å². The molecule has 0 aromatic carbocycles. The van der Waals surface area contributed by atoms with Gasteiger partial charge in [0.15, 0.2) is 0 Å². The van der Waals surface area contributed by atoms with Crippen molar-refractivity contribution in [3.05, 3.63) is 0 Å². The van der Waals surface area contributed by atoms with E-state index in [2.05, 4.69) is 29.4 Å². The van der Waals surface area contributed by atoms with Crippen molar-refractivity contribution in [1.82, 2.24) is 15.5 Å². The summed E-state index contributed by atoms with van der Waals surface area (Å²) in [5, 5.41) is 5.95. The van der Waals surface area contributed by atoms with E-state index in [9.17, 15) is 4.79 Å². The fourth-order valence-electron chi connectivity index (χ4n) is 1.69. The quantitative estimate of drug-likeness (QED) is 0.558. The molecule has 0 fully saturated rings. The first kappa shape index (κ1) is 16.4. The van der Waals surface area contributed by atoms with Crippen molar-refractivity contribution in [3.63, 3.8) is 0 Å². The van der Waals surface area contributed by atoms with Crippen LogP contribution in [-0.2, 0) is 9.53 Å². The molecule has 0 heterocycles. The summed E-state index contributed by atoms with van der Waals surface area (Å²) in [6.45, 7) is 7.60. The van der Waals surface area contributed by atoms with Gasteiger partial charge in [0.05, 0.1) is 13.2 Å². The molecule has 0 bridgehead atoms. The molecule has 0 radical (unpaired) electrons. The van der Waals surface area contributed by atoms with E-state index < -0.39 is 0 Å². The van der Waals surface area contributed by atoms with Crippen molar-refractivity contribution in [3.8, 4) is 0 Å². The summed E-state index contributed by atoms with van der Waals surface area (Å²) in [6, 6.07) is 0. The van der Waals surface area contributed by atoms with Gasteiger partial charge in [-0.25, -0.2) is 0 Å². The fraction of sp³-hybridized carbons (Fsp3) is 0.917. The Labute approximate surface area is 105 Å². The molecule has 0 aromatic rings. The Morgan fingerprint density at radius 3 is 2.53 bits per heavy atom. The minimum absolute atomic E-state index is 0.0351. The Kier molecular flexibility index (Phi) is 8.12. The zero-order valence-electron chi connectivity index (χ0n) is 11.8. The van der Waals surface area contributed by atoms with E-state index in [1.54, 1.807) is 7.11 Å². The van der Waals surface area contributed by atoms with Gasteiger partial charge in [-0.3, -0.25) is 4.79 Å². The van der Waals surface area contributed by atoms with Gasteiger partial charge in [-0.2, -0.15) is 0 Å². The highest BCUT2D eigenvalue weighted by molar-refractivity contribution is 5.77. The number of carbonyl (C=O) groups excluding carboxylic acids is 1. The Morgan fingerprint density at radius 1 is 1.35 bits per heavy atom. The number of hydrogen-bond donors (Lipinski definition) is 2. The van der Waals surface area contributed by atoms with E-state index in [0.29, 0.717) is 26.2 Å². The monoisotopic (exact) mass is 245 g/mol. The molecule has 0 atom stereocenters. The van der Waals surface area contributed by atoms with E-state index in [1.807, 2.05) is 14.1 Å². The highest BCUT2D eigenvalue weighted by Gasteiger charge is 2.19. The third kappa shape index (κ3) is 10.2. The average Bonchev–Trinajstić information content (AvgIpc) is 2.20. The molecular weight excluding hydrogens is 218 g/mol. The summed E-state index contributed by atoms with van der Waals surface area (Å²) in [4.78, 5) is 13.6. The van der Waals surface area contributed by atoms with Crippen molar-refractivity contribution in [2.75, 3.05) is 54.0 Å². The maximum atomic E-state index is 11.5. The Balaban J connectivity index is 3.68. The third-order valence-electron chi connectivity index (χ3n) is 2.28. The van der Waals surface area contributed by atoms with Gasteiger partial charge >= 0.3 is 0 Å². The maximum absolute atomic E-state index is 11.5. The van der Waals surface area contributed by atoms with Crippen molar-refractivity contribution in [2.24, 2.45) is 5.41 Å². The smallest absolute Gasteiger partial charge is 0.233 e. The van der Waals surface area contributed by atoms with Crippen molar-refractivity contribution >= 4 is 5.91 Å². The van der Waals surface area contributed by atoms with Crippen LogP contribution in [0.1, 0.15) is 13.8 Å². The Bertz CT molecular complexity index is 218. The van der Waals surface area contributed by atoms with Crippen LogP contribution < -0.4 is 10.6 Å². The van der Waals surface area contributed by atoms with Gasteiger partial charge in [0, 0.05) is 26.7 Å². The summed E-state index contributed by atoms with van der Waals surface area (Å²) in [5.74, 6) is 0.0351. The van der Waals surface area contributed by atoms with Gasteiger partial charge in [0.1, 0.15) is 0 Å². The van der Waals surface area contributed by atoms with Crippen molar-refractivity contribution in [1.29, 1.82) is 0 Å². The predicted octanol–water partition coefficient (Wildman–Crippen LogP) is -0.0736. The molecule has 0 aliphatic carbocycles. The summed E-state index contributed by atoms with van der Waals surface area (Å²) >= 11 is 0. The van der Waals surface area contributed by atoms with E-state index in [0.717, 1.165) is 6.54 Å². The number of ether oxygens (including phenoxy) is 1. The number of nitrogens with one attached hydrogen (secondary N) is 2. The zero-order chi connectivity index (χ0) is 13.3. The molecule has 2 N–H and O–H groups in total. The molecule has 0 saturated heterocycles. The summed E-state index contributed by atoms with van der Waals surface area (Å²) in [5.41, 5.74) is 0.0890. The van der Waals surface area contributed by atoms with Gasteiger partial charge in [-0.05, 0) is 19.5 Å². The number of rotatable bonds is 9. The number of hydrogen-bond acceptors (Lipinski definition) is 4. The third-order valence-corrected chi connectivity index (χ3v) is 2.28. The van der Waals surface area contributed by atoms with Crippen LogP contribution in [0.25, 0.3) is 0 Å². The van der Waals surface area contributed by atoms with Crippen LogP contribution in [0.2, 0.25) is 0 Å². The van der Waals surface area contributed by atoms with E-state index in [1.165, 1.54) is 0 Å². The lowest BCUT2D eigenvalue weighted by Crippen LogP contribution is -2.43. The SMILES string of the molecule is COCCNCC(=O)NCC(C)(C)CN(C)C. The van der Waals surface area contributed by atoms with Crippen molar-refractivity contribution in [2.45, 2.75) is 13.8 Å². The second kappa shape index (κ2) is 8.44. The molecule has 0 rings (SSSR count). The summed E-state index contributed by atoms with van der Waals surface area (Å²) < 4.78 is 4.88. The first-order valence-corrected chi connectivity index (χ1v) is 5.98. The zero-order valence-corrected chi connectivity index (χ0v) is 11.8. The van der Waals surface area contributed by atoms with Gasteiger partial charge in [-0.1, -0.05) is 13.8 Å². The lowest BCUT2D eigenvalue weighted by Gasteiger charge is -2.28. The number of methoxy groups -OCH3 is 1. The minimum Gasteiger partial charge on any atom is -0.383 e. The molecule has 1 amide bonds. The molecule has 0 spiro atoms. The standard InChI is InChI=1S/C12H27N3O2/c1-12(2,10-15(3)4)9-14-11(16)8-13-6-7-17-5/h13H,6-10H2,1-5H3,(H,14,16). The second-order valence-electron chi connectivity index (χ2n) is 5.35. The van der Waals surface area contributed by atoms with Crippen LogP contribution in [0.5, 0.6) is 0 Å². The number of carbonyl (C=O) groups is 1. The first-order valence-electron chi connectivity index (χ1n) is 5.98. The maximum Gasteiger partial charge on any atom is 0.233 e. The van der Waals surface area contributed by atoms with Crippen LogP contribution in [0.15, 0.2) is 0 Å². The minimum atomic E-state index is 0.0351. The van der Waals surface area contributed by atoms with E-state index in [-0.39, 0.29) is 11.3 Å². The van der Waals surface area contributed by atoms with Crippen molar-refractivity contribution < 1.29 is 9.53 Å². The molecule has 0 aliphatic rings. The Hall–Kier alpha value is -0.650. The molecule has 5 heteroatoms. The molecule has 0 saturated carbocycles. The van der Waals surface area contributed by atoms with E-state index in [4.69, 9.17) is 4.74 Å². The molecule has 5 nitrogen and oxygen atoms in total. The van der Waals surface area contributed by atoms with Gasteiger partial charge in [-0.15, -0.1) is 0 Å². The molecule has 0 aliphatic heterocycles. The summed E-state index contributed by atoms with van der Waals surface area (Å²) in [6.07, 6.45) is 0. The molecule has 102 valence electrons. The highest BCUT2D eigenvalue weighted by Crippen LogP contribution is 2.13. The van der Waals surface area contributed by atoms with Crippen LogP contribution in [-0.4, -0.2) is 64.8 Å². The van der Waals surface area contributed by atoms with E-state index >= 15 is 0 Å². The van der Waals surface area contributed by atoms with Gasteiger partial charge in [0.25, 0.3) is 0 Å². The molecule has 0 aromatic heterocycles. The average molecular weight is 245 g/mol. The molecular formula is C12H27N3O2. The van der Waals surface area contributed by atoms with Gasteiger partial charge < -0.3 is 20.3 Å². The lowest BCUT2D eigenvalue weighted by atomic mass is 9.93. The van der Waals surface area contributed by atoms with Crippen LogP contribution in [0.4, 0.5) is 0 Å².